The zero-order valence-electron chi connectivity index (χ0n) is 9.24. The fourth-order valence-electron chi connectivity index (χ4n) is 1.55. The Kier molecular flexibility index (Phi) is 4.21. The topological polar surface area (TPSA) is 27.7 Å². The molecule has 0 saturated carbocycles. The van der Waals surface area contributed by atoms with Crippen LogP contribution in [0.2, 0.25) is 0 Å². The zero-order valence-corrected chi connectivity index (χ0v) is 10.8. The molecule has 0 unspecified atom stereocenters. The summed E-state index contributed by atoms with van der Waals surface area (Å²) in [5.74, 6) is 0.888. The molecule has 1 aromatic rings. The van der Waals surface area contributed by atoms with Crippen molar-refractivity contribution in [3.63, 3.8) is 0 Å². The molecule has 0 aromatic heterocycles. The summed E-state index contributed by atoms with van der Waals surface area (Å²) in [6.07, 6.45) is 0.686. The van der Waals surface area contributed by atoms with E-state index in [1.165, 1.54) is 5.56 Å². The molecular weight excluding hydrogens is 272 g/mol. The van der Waals surface area contributed by atoms with Gasteiger partial charge in [-0.1, -0.05) is 15.9 Å². The van der Waals surface area contributed by atoms with Crippen LogP contribution >= 0.6 is 15.9 Å². The largest absolute Gasteiger partial charge is 0.493 e. The predicted molar refractivity (Wildman–Crippen MR) is 64.7 cm³/mol. The number of hydrogen-bond donors (Lipinski definition) is 0. The van der Waals surface area contributed by atoms with Crippen LogP contribution in [0.1, 0.15) is 12.0 Å². The second-order valence-electron chi connectivity index (χ2n) is 3.72. The number of rotatable bonds is 4. The van der Waals surface area contributed by atoms with Crippen molar-refractivity contribution in [2.24, 2.45) is 0 Å². The minimum absolute atomic E-state index is 0.0865. The maximum Gasteiger partial charge on any atom is 0.161 e. The van der Waals surface area contributed by atoms with Gasteiger partial charge in [-0.05, 0) is 30.7 Å². The highest BCUT2D eigenvalue weighted by Gasteiger charge is 2.15. The van der Waals surface area contributed by atoms with Gasteiger partial charge in [0.2, 0.25) is 0 Å². The Morgan fingerprint density at radius 3 is 2.81 bits per heavy atom. The van der Waals surface area contributed by atoms with E-state index in [-0.39, 0.29) is 6.29 Å². The number of aryl methyl sites for hydroxylation is 1. The van der Waals surface area contributed by atoms with Gasteiger partial charge in [-0.15, -0.1) is 0 Å². The summed E-state index contributed by atoms with van der Waals surface area (Å²) in [4.78, 5) is 0. The summed E-state index contributed by atoms with van der Waals surface area (Å²) in [6, 6.07) is 5.96. The quantitative estimate of drug-likeness (QED) is 0.852. The van der Waals surface area contributed by atoms with Gasteiger partial charge in [0.05, 0.1) is 19.8 Å². The van der Waals surface area contributed by atoms with E-state index in [9.17, 15) is 0 Å². The highest BCUT2D eigenvalue weighted by molar-refractivity contribution is 9.10. The Bertz CT molecular complexity index is 348. The molecule has 0 aliphatic carbocycles. The third-order valence-electron chi connectivity index (χ3n) is 2.44. The SMILES string of the molecule is Cc1cc(OCCC2OCCO2)ccc1Br. The molecule has 1 fully saturated rings. The van der Waals surface area contributed by atoms with Crippen LogP contribution in [0.5, 0.6) is 5.75 Å². The number of hydrogen-bond acceptors (Lipinski definition) is 3. The standard InChI is InChI=1S/C12H15BrO3/c1-9-8-10(2-3-11(9)13)14-5-4-12-15-6-7-16-12/h2-3,8,12H,4-7H2,1H3. The summed E-state index contributed by atoms with van der Waals surface area (Å²) in [7, 11) is 0. The van der Waals surface area contributed by atoms with Crippen LogP contribution in [0, 0.1) is 6.92 Å². The summed E-state index contributed by atoms with van der Waals surface area (Å²) in [5.41, 5.74) is 1.17. The number of benzene rings is 1. The van der Waals surface area contributed by atoms with Crippen LogP contribution in [0.4, 0.5) is 0 Å². The first-order valence-electron chi connectivity index (χ1n) is 5.38. The van der Waals surface area contributed by atoms with Crippen LogP contribution in [0.15, 0.2) is 22.7 Å². The molecule has 1 aliphatic heterocycles. The first kappa shape index (κ1) is 11.9. The fraction of sp³-hybridized carbons (Fsp3) is 0.500. The molecular formula is C12H15BrO3. The lowest BCUT2D eigenvalue weighted by Gasteiger charge is -2.11. The molecule has 1 aliphatic rings. The van der Waals surface area contributed by atoms with Crippen molar-refractivity contribution in [3.05, 3.63) is 28.2 Å². The fourth-order valence-corrected chi connectivity index (χ4v) is 1.80. The number of halogens is 1. The lowest BCUT2D eigenvalue weighted by molar-refractivity contribution is -0.0531. The summed E-state index contributed by atoms with van der Waals surface area (Å²) in [5, 5.41) is 0. The third-order valence-corrected chi connectivity index (χ3v) is 3.33. The van der Waals surface area contributed by atoms with Gasteiger partial charge in [-0.3, -0.25) is 0 Å². The molecule has 4 heteroatoms. The maximum absolute atomic E-state index is 5.62. The van der Waals surface area contributed by atoms with E-state index in [0.29, 0.717) is 19.8 Å². The maximum atomic E-state index is 5.62. The second kappa shape index (κ2) is 5.66. The Balaban J connectivity index is 1.78. The monoisotopic (exact) mass is 286 g/mol. The van der Waals surface area contributed by atoms with Crippen LogP contribution in [0.25, 0.3) is 0 Å². The van der Waals surface area contributed by atoms with Gasteiger partial charge >= 0.3 is 0 Å². The average molecular weight is 287 g/mol. The van der Waals surface area contributed by atoms with Crippen molar-refractivity contribution in [3.8, 4) is 5.75 Å². The Morgan fingerprint density at radius 2 is 2.12 bits per heavy atom. The first-order chi connectivity index (χ1) is 7.75. The molecule has 0 bridgehead atoms. The highest BCUT2D eigenvalue weighted by atomic mass is 79.9. The van der Waals surface area contributed by atoms with E-state index in [0.717, 1.165) is 16.6 Å². The van der Waals surface area contributed by atoms with E-state index >= 15 is 0 Å². The minimum atomic E-state index is -0.0865. The van der Waals surface area contributed by atoms with E-state index in [2.05, 4.69) is 15.9 Å². The van der Waals surface area contributed by atoms with Gasteiger partial charge in [0, 0.05) is 10.9 Å². The zero-order chi connectivity index (χ0) is 11.4. The van der Waals surface area contributed by atoms with Crippen LogP contribution in [-0.4, -0.2) is 26.1 Å². The van der Waals surface area contributed by atoms with Crippen molar-refractivity contribution in [1.29, 1.82) is 0 Å². The van der Waals surface area contributed by atoms with Gasteiger partial charge in [-0.25, -0.2) is 0 Å². The average Bonchev–Trinajstić information content (AvgIpc) is 2.76. The molecule has 0 radical (unpaired) electrons. The van der Waals surface area contributed by atoms with Crippen molar-refractivity contribution >= 4 is 15.9 Å². The summed E-state index contributed by atoms with van der Waals surface area (Å²) < 4.78 is 17.4. The molecule has 0 atom stereocenters. The normalized spacial score (nSPS) is 16.6. The predicted octanol–water partition coefficient (Wildman–Crippen LogP) is 2.90. The summed E-state index contributed by atoms with van der Waals surface area (Å²) >= 11 is 3.46. The molecule has 2 rings (SSSR count). The minimum Gasteiger partial charge on any atom is -0.493 e. The Morgan fingerprint density at radius 1 is 1.38 bits per heavy atom. The van der Waals surface area contributed by atoms with Crippen molar-refractivity contribution in [2.45, 2.75) is 19.6 Å². The van der Waals surface area contributed by atoms with Crippen molar-refractivity contribution in [2.75, 3.05) is 19.8 Å². The van der Waals surface area contributed by atoms with Gasteiger partial charge < -0.3 is 14.2 Å². The molecule has 1 saturated heterocycles. The molecule has 1 heterocycles. The van der Waals surface area contributed by atoms with Crippen LogP contribution < -0.4 is 4.74 Å². The molecule has 88 valence electrons. The molecule has 0 N–H and O–H groups in total. The second-order valence-corrected chi connectivity index (χ2v) is 4.57. The molecule has 1 aromatic carbocycles. The van der Waals surface area contributed by atoms with Crippen molar-refractivity contribution in [1.82, 2.24) is 0 Å². The third kappa shape index (κ3) is 3.20. The Labute approximate surface area is 104 Å². The smallest absolute Gasteiger partial charge is 0.161 e. The lowest BCUT2D eigenvalue weighted by atomic mass is 10.2. The van der Waals surface area contributed by atoms with E-state index in [1.54, 1.807) is 0 Å². The van der Waals surface area contributed by atoms with E-state index in [1.807, 2.05) is 25.1 Å². The molecule has 0 spiro atoms. The lowest BCUT2D eigenvalue weighted by Crippen LogP contribution is -2.12. The number of ether oxygens (including phenoxy) is 3. The highest BCUT2D eigenvalue weighted by Crippen LogP contribution is 2.21. The van der Waals surface area contributed by atoms with Crippen LogP contribution in [-0.2, 0) is 9.47 Å². The molecule has 3 nitrogen and oxygen atoms in total. The Hall–Kier alpha value is -0.580. The summed E-state index contributed by atoms with van der Waals surface area (Å²) in [6.45, 7) is 4.05. The van der Waals surface area contributed by atoms with Gasteiger partial charge in [0.1, 0.15) is 5.75 Å². The first-order valence-corrected chi connectivity index (χ1v) is 6.17. The molecule has 16 heavy (non-hydrogen) atoms. The van der Waals surface area contributed by atoms with Gasteiger partial charge in [0.15, 0.2) is 6.29 Å². The van der Waals surface area contributed by atoms with Gasteiger partial charge in [-0.2, -0.15) is 0 Å². The van der Waals surface area contributed by atoms with E-state index < -0.39 is 0 Å². The van der Waals surface area contributed by atoms with E-state index in [4.69, 9.17) is 14.2 Å². The van der Waals surface area contributed by atoms with Crippen LogP contribution in [0.3, 0.4) is 0 Å². The van der Waals surface area contributed by atoms with Crippen molar-refractivity contribution < 1.29 is 14.2 Å². The molecule has 0 amide bonds. The van der Waals surface area contributed by atoms with Gasteiger partial charge in [0.25, 0.3) is 0 Å².